The van der Waals surface area contributed by atoms with Gasteiger partial charge in [0.1, 0.15) is 5.76 Å². The topological polar surface area (TPSA) is 55.1 Å². The number of carbonyl (C=O) groups is 1. The fourth-order valence-corrected chi connectivity index (χ4v) is 3.68. The summed E-state index contributed by atoms with van der Waals surface area (Å²) in [6.07, 6.45) is 0.435. The fourth-order valence-electron chi connectivity index (χ4n) is 3.68. The van der Waals surface area contributed by atoms with Gasteiger partial charge in [-0.15, -0.1) is 0 Å². The van der Waals surface area contributed by atoms with Crippen LogP contribution in [0.4, 0.5) is 0 Å². The van der Waals surface area contributed by atoms with Gasteiger partial charge in [-0.25, -0.2) is 0 Å². The molecule has 1 N–H and O–H groups in total. The zero-order valence-electron chi connectivity index (χ0n) is 16.8. The van der Waals surface area contributed by atoms with Crippen LogP contribution in [-0.2, 0) is 11.3 Å². The van der Waals surface area contributed by atoms with Crippen molar-refractivity contribution < 1.29 is 9.32 Å². The third kappa shape index (κ3) is 3.78. The van der Waals surface area contributed by atoms with E-state index in [0.717, 1.165) is 17.0 Å². The number of amides is 1. The second kappa shape index (κ2) is 7.42. The first-order chi connectivity index (χ1) is 11.6. The third-order valence-corrected chi connectivity index (χ3v) is 5.69. The normalized spacial score (nSPS) is 12.3. The van der Waals surface area contributed by atoms with Crippen LogP contribution < -0.4 is 5.32 Å². The van der Waals surface area contributed by atoms with Gasteiger partial charge in [0.2, 0.25) is 5.91 Å². The highest BCUT2D eigenvalue weighted by Crippen LogP contribution is 2.27. The van der Waals surface area contributed by atoms with Crippen LogP contribution in [0.1, 0.15) is 69.7 Å². The molecule has 2 aromatic rings. The SMILES string of the molecule is Cc1noc(C)c1C(C)CC(=O)NCc1c(C)c(C)c(C)c(C)c1C. The molecule has 0 saturated heterocycles. The van der Waals surface area contributed by atoms with Crippen LogP contribution in [0.3, 0.4) is 0 Å². The summed E-state index contributed by atoms with van der Waals surface area (Å²) in [5.41, 5.74) is 9.68. The maximum Gasteiger partial charge on any atom is 0.220 e. The zero-order chi connectivity index (χ0) is 18.9. The second-order valence-electron chi connectivity index (χ2n) is 7.22. The molecular weight excluding hydrogens is 312 g/mol. The van der Waals surface area contributed by atoms with Crippen LogP contribution in [0.15, 0.2) is 4.52 Å². The molecule has 2 rings (SSSR count). The molecule has 0 saturated carbocycles. The molecule has 4 nitrogen and oxygen atoms in total. The van der Waals surface area contributed by atoms with Crippen molar-refractivity contribution in [3.8, 4) is 0 Å². The monoisotopic (exact) mass is 342 g/mol. The van der Waals surface area contributed by atoms with Crippen molar-refractivity contribution in [3.05, 3.63) is 50.4 Å². The van der Waals surface area contributed by atoms with E-state index in [1.165, 1.54) is 33.4 Å². The molecule has 4 heteroatoms. The maximum absolute atomic E-state index is 12.4. The average Bonchev–Trinajstić information content (AvgIpc) is 2.89. The van der Waals surface area contributed by atoms with Crippen molar-refractivity contribution in [3.63, 3.8) is 0 Å². The molecule has 1 heterocycles. The van der Waals surface area contributed by atoms with Crippen LogP contribution in [0.5, 0.6) is 0 Å². The molecule has 0 spiro atoms. The predicted molar refractivity (Wildman–Crippen MR) is 101 cm³/mol. The Morgan fingerprint density at radius 2 is 1.48 bits per heavy atom. The number of nitrogens with zero attached hydrogens (tertiary/aromatic N) is 1. The lowest BCUT2D eigenvalue weighted by Crippen LogP contribution is -2.25. The number of benzene rings is 1. The summed E-state index contributed by atoms with van der Waals surface area (Å²) in [6.45, 7) is 17.2. The summed E-state index contributed by atoms with van der Waals surface area (Å²) in [7, 11) is 0. The van der Waals surface area contributed by atoms with Crippen molar-refractivity contribution in [1.82, 2.24) is 10.5 Å². The Balaban J connectivity index is 2.09. The van der Waals surface area contributed by atoms with Crippen LogP contribution >= 0.6 is 0 Å². The molecule has 1 amide bonds. The minimum Gasteiger partial charge on any atom is -0.361 e. The van der Waals surface area contributed by atoms with Crippen LogP contribution in [0, 0.1) is 48.5 Å². The predicted octanol–water partition coefficient (Wildman–Crippen LogP) is 4.64. The lowest BCUT2D eigenvalue weighted by atomic mass is 9.89. The van der Waals surface area contributed by atoms with Gasteiger partial charge in [-0.3, -0.25) is 4.79 Å². The molecule has 0 fully saturated rings. The number of rotatable bonds is 5. The van der Waals surface area contributed by atoms with Crippen molar-refractivity contribution in [1.29, 1.82) is 0 Å². The number of aromatic nitrogens is 1. The smallest absolute Gasteiger partial charge is 0.220 e. The Morgan fingerprint density at radius 3 is 1.96 bits per heavy atom. The van der Waals surface area contributed by atoms with Crippen molar-refractivity contribution >= 4 is 5.91 Å². The first-order valence-electron chi connectivity index (χ1n) is 8.90. The van der Waals surface area contributed by atoms with E-state index in [0.29, 0.717) is 13.0 Å². The molecule has 0 bridgehead atoms. The minimum absolute atomic E-state index is 0.0576. The van der Waals surface area contributed by atoms with Crippen LogP contribution in [0.2, 0.25) is 0 Å². The molecule has 136 valence electrons. The van der Waals surface area contributed by atoms with Gasteiger partial charge in [-0.2, -0.15) is 0 Å². The molecule has 1 unspecified atom stereocenters. The number of hydrogen-bond acceptors (Lipinski definition) is 3. The first-order valence-corrected chi connectivity index (χ1v) is 8.90. The molecule has 0 aliphatic carbocycles. The Labute approximate surface area is 151 Å². The van der Waals surface area contributed by atoms with Gasteiger partial charge in [0.25, 0.3) is 0 Å². The van der Waals surface area contributed by atoms with Crippen LogP contribution in [-0.4, -0.2) is 11.1 Å². The molecule has 0 radical (unpaired) electrons. The quantitative estimate of drug-likeness (QED) is 0.861. The summed E-state index contributed by atoms with van der Waals surface area (Å²) in [5, 5.41) is 7.08. The van der Waals surface area contributed by atoms with Gasteiger partial charge in [0.15, 0.2) is 0 Å². The van der Waals surface area contributed by atoms with E-state index in [4.69, 9.17) is 4.52 Å². The van der Waals surface area contributed by atoms with Gasteiger partial charge in [0, 0.05) is 18.5 Å². The van der Waals surface area contributed by atoms with E-state index in [1.54, 1.807) is 0 Å². The van der Waals surface area contributed by atoms with Gasteiger partial charge < -0.3 is 9.84 Å². The lowest BCUT2D eigenvalue weighted by Gasteiger charge is -2.19. The molecule has 1 aromatic carbocycles. The molecular formula is C21H30N2O2. The third-order valence-electron chi connectivity index (χ3n) is 5.69. The number of carbonyl (C=O) groups excluding carboxylic acids is 1. The highest BCUT2D eigenvalue weighted by atomic mass is 16.5. The van der Waals surface area contributed by atoms with E-state index in [1.807, 2.05) is 20.8 Å². The van der Waals surface area contributed by atoms with E-state index in [-0.39, 0.29) is 11.8 Å². The lowest BCUT2D eigenvalue weighted by molar-refractivity contribution is -0.121. The minimum atomic E-state index is 0.0576. The van der Waals surface area contributed by atoms with E-state index >= 15 is 0 Å². The van der Waals surface area contributed by atoms with Crippen molar-refractivity contribution in [2.45, 2.75) is 74.3 Å². The zero-order valence-corrected chi connectivity index (χ0v) is 16.8. The summed E-state index contributed by atoms with van der Waals surface area (Å²) in [4.78, 5) is 12.4. The van der Waals surface area contributed by atoms with E-state index < -0.39 is 0 Å². The largest absolute Gasteiger partial charge is 0.361 e. The standard InChI is InChI=1S/C21H30N2O2/c1-11(21-17(7)23-25-18(21)8)9-20(24)22-10-19-15(5)13(3)12(2)14(4)16(19)6/h11H,9-10H2,1-8H3,(H,22,24). The molecule has 0 aliphatic heterocycles. The Kier molecular flexibility index (Phi) is 5.71. The van der Waals surface area contributed by atoms with Crippen LogP contribution in [0.25, 0.3) is 0 Å². The fraction of sp³-hybridized carbons (Fsp3) is 0.524. The van der Waals surface area contributed by atoms with Gasteiger partial charge >= 0.3 is 0 Å². The van der Waals surface area contributed by atoms with Gasteiger partial charge in [-0.05, 0) is 87.8 Å². The summed E-state index contributed by atoms with van der Waals surface area (Å²) in [6, 6.07) is 0. The highest BCUT2D eigenvalue weighted by Gasteiger charge is 2.20. The Bertz CT molecular complexity index is 754. The molecule has 1 aromatic heterocycles. The van der Waals surface area contributed by atoms with Gasteiger partial charge in [0.05, 0.1) is 5.69 Å². The summed E-state index contributed by atoms with van der Waals surface area (Å²) < 4.78 is 5.21. The highest BCUT2D eigenvalue weighted by molar-refractivity contribution is 5.77. The maximum atomic E-state index is 12.4. The second-order valence-corrected chi connectivity index (χ2v) is 7.22. The number of aryl methyl sites for hydroxylation is 2. The van der Waals surface area contributed by atoms with Gasteiger partial charge in [-0.1, -0.05) is 12.1 Å². The molecule has 1 atom stereocenters. The number of nitrogens with one attached hydrogen (secondary N) is 1. The Morgan fingerprint density at radius 1 is 0.960 bits per heavy atom. The molecule has 25 heavy (non-hydrogen) atoms. The van der Waals surface area contributed by atoms with Crippen molar-refractivity contribution in [2.24, 2.45) is 0 Å². The molecule has 0 aliphatic rings. The average molecular weight is 342 g/mol. The Hall–Kier alpha value is -2.10. The first kappa shape index (κ1) is 19.2. The number of hydrogen-bond donors (Lipinski definition) is 1. The van der Waals surface area contributed by atoms with E-state index in [9.17, 15) is 4.79 Å². The summed E-state index contributed by atoms with van der Waals surface area (Å²) in [5.74, 6) is 0.950. The van der Waals surface area contributed by atoms with Crippen molar-refractivity contribution in [2.75, 3.05) is 0 Å². The van der Waals surface area contributed by atoms with E-state index in [2.05, 4.69) is 45.1 Å². The summed E-state index contributed by atoms with van der Waals surface area (Å²) >= 11 is 0.